The summed E-state index contributed by atoms with van der Waals surface area (Å²) < 4.78 is 6.19. The van der Waals surface area contributed by atoms with E-state index >= 15 is 0 Å². The SMILES string of the molecule is O=C(O)CN1CCN(C2CCOC3(CCCCC3)C2)CC1. The van der Waals surface area contributed by atoms with Gasteiger partial charge in [0, 0.05) is 38.8 Å². The molecule has 1 saturated carbocycles. The molecule has 2 saturated heterocycles. The van der Waals surface area contributed by atoms with E-state index in [4.69, 9.17) is 9.84 Å². The van der Waals surface area contributed by atoms with E-state index in [9.17, 15) is 4.79 Å². The molecular formula is C16H28N2O3. The molecule has 3 fully saturated rings. The summed E-state index contributed by atoms with van der Waals surface area (Å²) in [4.78, 5) is 15.4. The topological polar surface area (TPSA) is 53.0 Å². The quantitative estimate of drug-likeness (QED) is 0.857. The third kappa shape index (κ3) is 3.76. The average Bonchev–Trinajstić information content (AvgIpc) is 2.48. The van der Waals surface area contributed by atoms with E-state index < -0.39 is 5.97 Å². The minimum Gasteiger partial charge on any atom is -0.480 e. The van der Waals surface area contributed by atoms with Gasteiger partial charge in [0.2, 0.25) is 0 Å². The fraction of sp³-hybridized carbons (Fsp3) is 0.938. The lowest BCUT2D eigenvalue weighted by atomic mass is 9.78. The summed E-state index contributed by atoms with van der Waals surface area (Å²) in [6.07, 6.45) is 8.80. The number of carboxylic acids is 1. The van der Waals surface area contributed by atoms with Crippen molar-refractivity contribution in [3.63, 3.8) is 0 Å². The highest BCUT2D eigenvalue weighted by molar-refractivity contribution is 5.69. The van der Waals surface area contributed by atoms with Crippen LogP contribution in [-0.2, 0) is 9.53 Å². The number of nitrogens with zero attached hydrogens (tertiary/aromatic N) is 2. The third-order valence-electron chi connectivity index (χ3n) is 5.51. The van der Waals surface area contributed by atoms with Crippen LogP contribution in [0, 0.1) is 0 Å². The fourth-order valence-electron chi connectivity index (χ4n) is 4.34. The first-order chi connectivity index (χ1) is 10.2. The van der Waals surface area contributed by atoms with Crippen molar-refractivity contribution in [1.82, 2.24) is 9.80 Å². The molecule has 0 aromatic rings. The normalized spacial score (nSPS) is 31.3. The van der Waals surface area contributed by atoms with Crippen LogP contribution in [0.4, 0.5) is 0 Å². The summed E-state index contributed by atoms with van der Waals surface area (Å²) in [7, 11) is 0. The molecule has 0 aromatic heterocycles. The highest BCUT2D eigenvalue weighted by Gasteiger charge is 2.40. The zero-order chi connectivity index (χ0) is 14.7. The lowest BCUT2D eigenvalue weighted by Crippen LogP contribution is -2.55. The fourth-order valence-corrected chi connectivity index (χ4v) is 4.34. The lowest BCUT2D eigenvalue weighted by Gasteiger charge is -2.48. The van der Waals surface area contributed by atoms with E-state index in [0.717, 1.165) is 39.2 Å². The Labute approximate surface area is 127 Å². The van der Waals surface area contributed by atoms with Crippen molar-refractivity contribution >= 4 is 5.97 Å². The van der Waals surface area contributed by atoms with Gasteiger partial charge in [-0.05, 0) is 25.7 Å². The van der Waals surface area contributed by atoms with Crippen LogP contribution in [0.3, 0.4) is 0 Å². The van der Waals surface area contributed by atoms with E-state index in [1.165, 1.54) is 38.5 Å². The molecule has 1 aliphatic carbocycles. The van der Waals surface area contributed by atoms with E-state index in [-0.39, 0.29) is 12.1 Å². The summed E-state index contributed by atoms with van der Waals surface area (Å²) in [6.45, 7) is 4.88. The Balaban J connectivity index is 1.52. The van der Waals surface area contributed by atoms with Gasteiger partial charge in [-0.3, -0.25) is 14.6 Å². The molecule has 1 atom stereocenters. The van der Waals surface area contributed by atoms with Crippen LogP contribution < -0.4 is 0 Å². The van der Waals surface area contributed by atoms with E-state index in [0.29, 0.717) is 6.04 Å². The van der Waals surface area contributed by atoms with Gasteiger partial charge in [-0.2, -0.15) is 0 Å². The summed E-state index contributed by atoms with van der Waals surface area (Å²) in [6, 6.07) is 0.642. The van der Waals surface area contributed by atoms with Gasteiger partial charge in [0.05, 0.1) is 12.1 Å². The molecule has 0 bridgehead atoms. The summed E-state index contributed by atoms with van der Waals surface area (Å²) >= 11 is 0. The Bertz CT molecular complexity index is 355. The standard InChI is InChI=1S/C16H28N2O3/c19-15(20)13-17-7-9-18(10-8-17)14-4-11-21-16(12-14)5-2-1-3-6-16/h14H,1-13H2,(H,19,20). The molecule has 3 rings (SSSR count). The van der Waals surface area contributed by atoms with Crippen molar-refractivity contribution in [2.24, 2.45) is 0 Å². The minimum absolute atomic E-state index is 0.166. The Morgan fingerprint density at radius 2 is 1.86 bits per heavy atom. The second-order valence-corrected chi connectivity index (χ2v) is 6.94. The molecule has 5 nitrogen and oxygen atoms in total. The molecule has 0 radical (unpaired) electrons. The summed E-state index contributed by atoms with van der Waals surface area (Å²) in [5.41, 5.74) is 0.166. The monoisotopic (exact) mass is 296 g/mol. The maximum absolute atomic E-state index is 10.8. The Hall–Kier alpha value is -0.650. The molecule has 2 heterocycles. The van der Waals surface area contributed by atoms with Crippen molar-refractivity contribution in [3.05, 3.63) is 0 Å². The molecule has 0 aromatic carbocycles. The molecular weight excluding hydrogens is 268 g/mol. The predicted octanol–water partition coefficient (Wildman–Crippen LogP) is 1.57. The predicted molar refractivity (Wildman–Crippen MR) is 80.4 cm³/mol. The van der Waals surface area contributed by atoms with Crippen molar-refractivity contribution in [3.8, 4) is 0 Å². The van der Waals surface area contributed by atoms with Gasteiger partial charge in [-0.15, -0.1) is 0 Å². The molecule has 120 valence electrons. The lowest BCUT2D eigenvalue weighted by molar-refractivity contribution is -0.139. The number of ether oxygens (including phenoxy) is 1. The van der Waals surface area contributed by atoms with Crippen molar-refractivity contribution < 1.29 is 14.6 Å². The molecule has 0 amide bonds. The van der Waals surface area contributed by atoms with Gasteiger partial charge in [0.1, 0.15) is 0 Å². The van der Waals surface area contributed by atoms with Gasteiger partial charge >= 0.3 is 5.97 Å². The number of aliphatic carboxylic acids is 1. The first-order valence-electron chi connectivity index (χ1n) is 8.49. The molecule has 2 aliphatic heterocycles. The third-order valence-corrected chi connectivity index (χ3v) is 5.51. The van der Waals surface area contributed by atoms with Crippen LogP contribution in [-0.4, -0.2) is 71.8 Å². The number of carboxylic acid groups (broad SMARTS) is 1. The number of rotatable bonds is 3. The van der Waals surface area contributed by atoms with Gasteiger partial charge in [-0.25, -0.2) is 0 Å². The van der Waals surface area contributed by atoms with Crippen molar-refractivity contribution in [2.75, 3.05) is 39.3 Å². The molecule has 21 heavy (non-hydrogen) atoms. The minimum atomic E-state index is -0.712. The first kappa shape index (κ1) is 15.3. The second kappa shape index (κ2) is 6.63. The highest BCUT2D eigenvalue weighted by Crippen LogP contribution is 2.39. The van der Waals surface area contributed by atoms with Gasteiger partial charge < -0.3 is 9.84 Å². The van der Waals surface area contributed by atoms with Crippen molar-refractivity contribution in [1.29, 1.82) is 0 Å². The van der Waals surface area contributed by atoms with Crippen LogP contribution in [0.25, 0.3) is 0 Å². The van der Waals surface area contributed by atoms with Gasteiger partial charge in [-0.1, -0.05) is 19.3 Å². The first-order valence-corrected chi connectivity index (χ1v) is 8.49. The zero-order valence-corrected chi connectivity index (χ0v) is 12.9. The van der Waals surface area contributed by atoms with Crippen LogP contribution in [0.15, 0.2) is 0 Å². The Morgan fingerprint density at radius 3 is 2.52 bits per heavy atom. The van der Waals surface area contributed by atoms with Gasteiger partial charge in [0.25, 0.3) is 0 Å². The van der Waals surface area contributed by atoms with Crippen molar-refractivity contribution in [2.45, 2.75) is 56.6 Å². The number of hydrogen-bond acceptors (Lipinski definition) is 4. The summed E-state index contributed by atoms with van der Waals surface area (Å²) in [5, 5.41) is 8.87. The van der Waals surface area contributed by atoms with Crippen LogP contribution in [0.5, 0.6) is 0 Å². The smallest absolute Gasteiger partial charge is 0.317 e. The number of carbonyl (C=O) groups is 1. The van der Waals surface area contributed by atoms with Gasteiger partial charge in [0.15, 0.2) is 0 Å². The molecule has 1 spiro atoms. The van der Waals surface area contributed by atoms with E-state index in [1.54, 1.807) is 0 Å². The Morgan fingerprint density at radius 1 is 1.14 bits per heavy atom. The molecule has 1 unspecified atom stereocenters. The summed E-state index contributed by atoms with van der Waals surface area (Å²) in [5.74, 6) is -0.712. The maximum Gasteiger partial charge on any atom is 0.317 e. The highest BCUT2D eigenvalue weighted by atomic mass is 16.5. The number of hydrogen-bond donors (Lipinski definition) is 1. The van der Waals surface area contributed by atoms with Crippen LogP contribution in [0.1, 0.15) is 44.9 Å². The zero-order valence-electron chi connectivity index (χ0n) is 12.9. The second-order valence-electron chi connectivity index (χ2n) is 6.94. The molecule has 5 heteroatoms. The maximum atomic E-state index is 10.8. The number of piperazine rings is 1. The Kier molecular flexibility index (Phi) is 4.82. The van der Waals surface area contributed by atoms with E-state index in [1.807, 2.05) is 0 Å². The average molecular weight is 296 g/mol. The van der Waals surface area contributed by atoms with Crippen LogP contribution >= 0.6 is 0 Å². The van der Waals surface area contributed by atoms with Crippen LogP contribution in [0.2, 0.25) is 0 Å². The largest absolute Gasteiger partial charge is 0.480 e. The van der Waals surface area contributed by atoms with E-state index in [2.05, 4.69) is 9.80 Å². The molecule has 3 aliphatic rings. The molecule has 1 N–H and O–H groups in total.